The van der Waals surface area contributed by atoms with Crippen molar-refractivity contribution in [1.82, 2.24) is 0 Å². The summed E-state index contributed by atoms with van der Waals surface area (Å²) in [6.07, 6.45) is 3.08. The molecule has 0 amide bonds. The number of carbonyl (C=O) groups excluding carboxylic acids is 1. The molecule has 1 unspecified atom stereocenters. The molecule has 5 heteroatoms. The van der Waals surface area contributed by atoms with Crippen molar-refractivity contribution in [2.45, 2.75) is 49.2 Å². The highest BCUT2D eigenvalue weighted by Crippen LogP contribution is 2.31. The van der Waals surface area contributed by atoms with E-state index in [0.717, 1.165) is 19.3 Å². The number of esters is 1. The molecule has 0 N–H and O–H groups in total. The number of halogens is 3. The van der Waals surface area contributed by atoms with Gasteiger partial charge in [0, 0.05) is 11.8 Å². The zero-order valence-corrected chi connectivity index (χ0v) is 11.3. The van der Waals surface area contributed by atoms with Gasteiger partial charge in [-0.2, -0.15) is 0 Å². The largest absolute Gasteiger partial charge is 0.464 e. The van der Waals surface area contributed by atoms with Gasteiger partial charge < -0.3 is 4.74 Å². The van der Waals surface area contributed by atoms with Crippen LogP contribution in [-0.4, -0.2) is 22.3 Å². The predicted octanol–water partition coefficient (Wildman–Crippen LogP) is 3.91. The van der Waals surface area contributed by atoms with Crippen LogP contribution in [0.3, 0.4) is 0 Å². The second kappa shape index (κ2) is 7.59. The Morgan fingerprint density at radius 3 is 2.47 bits per heavy atom. The van der Waals surface area contributed by atoms with Crippen LogP contribution in [0.4, 0.5) is 0 Å². The summed E-state index contributed by atoms with van der Waals surface area (Å²) >= 11 is 17.7. The van der Waals surface area contributed by atoms with E-state index in [4.69, 9.17) is 39.5 Å². The first-order valence-corrected chi connectivity index (χ1v) is 6.32. The minimum absolute atomic E-state index is 0.190. The monoisotopic (exact) mass is 274 g/mol. The number of carbonyl (C=O) groups is 1. The topological polar surface area (TPSA) is 26.3 Å². The van der Waals surface area contributed by atoms with E-state index in [2.05, 4.69) is 6.92 Å². The molecule has 0 saturated heterocycles. The van der Waals surface area contributed by atoms with Crippen LogP contribution in [0.5, 0.6) is 0 Å². The first-order valence-electron chi connectivity index (χ1n) is 5.13. The van der Waals surface area contributed by atoms with Gasteiger partial charge in [0.25, 0.3) is 0 Å². The van der Waals surface area contributed by atoms with E-state index in [-0.39, 0.29) is 18.4 Å². The van der Waals surface area contributed by atoms with Gasteiger partial charge in [-0.15, -0.1) is 11.6 Å². The van der Waals surface area contributed by atoms with E-state index >= 15 is 0 Å². The minimum Gasteiger partial charge on any atom is -0.464 e. The van der Waals surface area contributed by atoms with Crippen molar-refractivity contribution in [3.8, 4) is 0 Å². The number of rotatable bonds is 7. The molecule has 0 fully saturated rings. The lowest BCUT2D eigenvalue weighted by molar-refractivity contribution is -0.144. The maximum atomic E-state index is 11.3. The number of hydrogen-bond acceptors (Lipinski definition) is 2. The molecule has 0 aliphatic rings. The van der Waals surface area contributed by atoms with E-state index < -0.39 is 10.3 Å². The maximum absolute atomic E-state index is 11.3. The van der Waals surface area contributed by atoms with Crippen molar-refractivity contribution in [2.75, 3.05) is 6.61 Å². The van der Waals surface area contributed by atoms with E-state index in [1.54, 1.807) is 6.92 Å². The Hall–Kier alpha value is 0.340. The van der Waals surface area contributed by atoms with Gasteiger partial charge in [0.1, 0.15) is 0 Å². The summed E-state index contributed by atoms with van der Waals surface area (Å²) in [5.41, 5.74) is 0. The van der Waals surface area contributed by atoms with Crippen LogP contribution in [0.1, 0.15) is 39.5 Å². The summed E-state index contributed by atoms with van der Waals surface area (Å²) < 4.78 is 3.23. The molecular formula is C10H17Cl3O2. The molecular weight excluding hydrogens is 258 g/mol. The second-order valence-corrected chi connectivity index (χ2v) is 5.47. The Morgan fingerprint density at radius 2 is 2.00 bits per heavy atom. The van der Waals surface area contributed by atoms with Gasteiger partial charge in [0.2, 0.25) is 4.33 Å². The zero-order valence-electron chi connectivity index (χ0n) is 9.06. The van der Waals surface area contributed by atoms with Crippen LogP contribution in [-0.2, 0) is 9.53 Å². The lowest BCUT2D eigenvalue weighted by Crippen LogP contribution is -2.31. The number of ether oxygens (including phenoxy) is 1. The molecule has 0 bridgehead atoms. The molecule has 0 rings (SSSR count). The molecule has 0 aliphatic heterocycles. The van der Waals surface area contributed by atoms with Gasteiger partial charge in [-0.05, 0) is 13.3 Å². The average Bonchev–Trinajstić information content (AvgIpc) is 2.14. The van der Waals surface area contributed by atoms with Crippen LogP contribution in [0.25, 0.3) is 0 Å². The molecule has 2 nitrogen and oxygen atoms in total. The highest BCUT2D eigenvalue weighted by Gasteiger charge is 2.37. The minimum atomic E-state index is -1.52. The summed E-state index contributed by atoms with van der Waals surface area (Å²) in [6.45, 7) is 4.04. The van der Waals surface area contributed by atoms with E-state index in [1.165, 1.54) is 0 Å². The molecule has 0 radical (unpaired) electrons. The molecule has 0 aromatic heterocycles. The quantitative estimate of drug-likeness (QED) is 0.520. The Morgan fingerprint density at radius 1 is 1.40 bits per heavy atom. The van der Waals surface area contributed by atoms with Crippen molar-refractivity contribution in [3.63, 3.8) is 0 Å². The van der Waals surface area contributed by atoms with Crippen molar-refractivity contribution in [1.29, 1.82) is 0 Å². The van der Waals surface area contributed by atoms with E-state index in [0.29, 0.717) is 0 Å². The van der Waals surface area contributed by atoms with E-state index in [1.807, 2.05) is 0 Å². The van der Waals surface area contributed by atoms with Gasteiger partial charge in [0.15, 0.2) is 0 Å². The maximum Gasteiger partial charge on any atom is 0.342 e. The van der Waals surface area contributed by atoms with Crippen molar-refractivity contribution >= 4 is 40.8 Å². The number of alkyl halides is 3. The first kappa shape index (κ1) is 15.3. The van der Waals surface area contributed by atoms with Gasteiger partial charge in [-0.25, -0.2) is 4.79 Å². The van der Waals surface area contributed by atoms with E-state index in [9.17, 15) is 4.79 Å². The molecule has 0 aromatic carbocycles. The fourth-order valence-corrected chi connectivity index (χ4v) is 2.15. The lowest BCUT2D eigenvalue weighted by Gasteiger charge is -2.20. The van der Waals surface area contributed by atoms with Crippen LogP contribution in [0.15, 0.2) is 0 Å². The molecule has 90 valence electrons. The molecule has 0 aliphatic carbocycles. The summed E-state index contributed by atoms with van der Waals surface area (Å²) in [7, 11) is 0. The molecule has 15 heavy (non-hydrogen) atoms. The Balaban J connectivity index is 4.05. The van der Waals surface area contributed by atoms with Gasteiger partial charge in [-0.3, -0.25) is 0 Å². The molecule has 0 heterocycles. The summed E-state index contributed by atoms with van der Waals surface area (Å²) in [5.74, 6) is -0.615. The molecule has 0 spiro atoms. The summed E-state index contributed by atoms with van der Waals surface area (Å²) in [6, 6.07) is 0. The summed E-state index contributed by atoms with van der Waals surface area (Å²) in [5, 5.41) is -0.190. The highest BCUT2D eigenvalue weighted by molar-refractivity contribution is 6.57. The molecule has 0 aromatic rings. The third-order valence-electron chi connectivity index (χ3n) is 1.92. The first-order chi connectivity index (χ1) is 6.94. The van der Waals surface area contributed by atoms with Crippen LogP contribution in [0.2, 0.25) is 0 Å². The Kier molecular flexibility index (Phi) is 7.76. The second-order valence-electron chi connectivity index (χ2n) is 3.37. The average molecular weight is 276 g/mol. The van der Waals surface area contributed by atoms with Crippen molar-refractivity contribution in [2.24, 2.45) is 0 Å². The van der Waals surface area contributed by atoms with Crippen LogP contribution in [0, 0.1) is 0 Å². The third-order valence-corrected chi connectivity index (χ3v) is 2.91. The van der Waals surface area contributed by atoms with Crippen LogP contribution < -0.4 is 0 Å². The van der Waals surface area contributed by atoms with Gasteiger partial charge in [0.05, 0.1) is 6.61 Å². The number of hydrogen-bond donors (Lipinski definition) is 0. The normalized spacial score (nSPS) is 13.7. The zero-order chi connectivity index (χ0) is 11.9. The smallest absolute Gasteiger partial charge is 0.342 e. The van der Waals surface area contributed by atoms with Gasteiger partial charge >= 0.3 is 5.97 Å². The standard InChI is InChI=1S/C10H17Cl3O2/c1-3-5-6-8(11)7-10(12,13)9(14)15-4-2/h8H,3-7H2,1-2H3. The Labute approximate surface area is 106 Å². The van der Waals surface area contributed by atoms with Crippen LogP contribution >= 0.6 is 34.8 Å². The third kappa shape index (κ3) is 6.49. The fraction of sp³-hybridized carbons (Fsp3) is 0.900. The van der Waals surface area contributed by atoms with Gasteiger partial charge in [-0.1, -0.05) is 43.0 Å². The number of unbranched alkanes of at least 4 members (excludes halogenated alkanes) is 1. The highest BCUT2D eigenvalue weighted by atomic mass is 35.5. The SMILES string of the molecule is CCCCC(Cl)CC(Cl)(Cl)C(=O)OCC. The molecule has 1 atom stereocenters. The lowest BCUT2D eigenvalue weighted by atomic mass is 10.1. The summed E-state index contributed by atoms with van der Waals surface area (Å²) in [4.78, 5) is 11.3. The Bertz CT molecular complexity index is 195. The fourth-order valence-electron chi connectivity index (χ4n) is 1.13. The predicted molar refractivity (Wildman–Crippen MR) is 64.9 cm³/mol. The van der Waals surface area contributed by atoms with Crippen molar-refractivity contribution in [3.05, 3.63) is 0 Å². The molecule has 0 saturated carbocycles. The van der Waals surface area contributed by atoms with Crippen molar-refractivity contribution < 1.29 is 9.53 Å².